The number of aryl methyl sites for hydroxylation is 1. The number of para-hydroxylation sites is 1. The zero-order valence-corrected chi connectivity index (χ0v) is 11.7. The van der Waals surface area contributed by atoms with Crippen LogP contribution in [0.1, 0.15) is 36.4 Å². The molecule has 4 nitrogen and oxygen atoms in total. The van der Waals surface area contributed by atoms with Crippen LogP contribution in [0.25, 0.3) is 0 Å². The molecule has 0 aromatic heterocycles. The molecule has 0 saturated heterocycles. The quantitative estimate of drug-likeness (QED) is 0.872. The highest BCUT2D eigenvalue weighted by atomic mass is 16.5. The van der Waals surface area contributed by atoms with Crippen molar-refractivity contribution < 1.29 is 9.53 Å². The van der Waals surface area contributed by atoms with E-state index in [1.54, 1.807) is 7.05 Å². The Hall–Kier alpha value is -1.55. The third-order valence-electron chi connectivity index (χ3n) is 3.52. The lowest BCUT2D eigenvalue weighted by atomic mass is 10.00. The molecule has 4 heteroatoms. The summed E-state index contributed by atoms with van der Waals surface area (Å²) in [6.45, 7) is 3.54. The Morgan fingerprint density at radius 2 is 2.32 bits per heavy atom. The van der Waals surface area contributed by atoms with Gasteiger partial charge in [0.2, 0.25) is 5.91 Å². The van der Waals surface area contributed by atoms with Gasteiger partial charge in [-0.05, 0) is 25.3 Å². The molecule has 1 aliphatic heterocycles. The van der Waals surface area contributed by atoms with Crippen molar-refractivity contribution in [3.05, 3.63) is 29.3 Å². The number of hydrogen-bond donors (Lipinski definition) is 2. The molecule has 0 spiro atoms. The molecular weight excluding hydrogens is 240 g/mol. The lowest BCUT2D eigenvalue weighted by Gasteiger charge is -2.19. The first-order valence-electron chi connectivity index (χ1n) is 6.88. The second-order valence-corrected chi connectivity index (χ2v) is 4.91. The van der Waals surface area contributed by atoms with E-state index in [0.717, 1.165) is 25.2 Å². The van der Waals surface area contributed by atoms with Crippen LogP contribution in [0.2, 0.25) is 0 Å². The third-order valence-corrected chi connectivity index (χ3v) is 3.52. The van der Waals surface area contributed by atoms with Gasteiger partial charge in [-0.25, -0.2) is 0 Å². The summed E-state index contributed by atoms with van der Waals surface area (Å²) in [6, 6.07) is 6.54. The van der Waals surface area contributed by atoms with Gasteiger partial charge in [-0.15, -0.1) is 0 Å². The number of amides is 1. The number of benzene rings is 1. The topological polar surface area (TPSA) is 50.4 Å². The Bertz CT molecular complexity index is 446. The summed E-state index contributed by atoms with van der Waals surface area (Å²) in [5.41, 5.74) is 2.40. The molecule has 2 rings (SSSR count). The Morgan fingerprint density at radius 3 is 3.11 bits per heavy atom. The maximum Gasteiger partial charge on any atom is 0.221 e. The standard InChI is InChI=1S/C15H22N2O2/c1-11-5-3-6-12-13(7-4-10-19-15(11)12)17-9-8-14(18)16-2/h3,5-6,13,17H,4,7-10H2,1-2H3,(H,16,18). The van der Waals surface area contributed by atoms with Crippen molar-refractivity contribution in [1.29, 1.82) is 0 Å². The Morgan fingerprint density at radius 1 is 1.47 bits per heavy atom. The number of carbonyl (C=O) groups excluding carboxylic acids is 1. The van der Waals surface area contributed by atoms with Crippen molar-refractivity contribution in [3.63, 3.8) is 0 Å². The fourth-order valence-corrected chi connectivity index (χ4v) is 2.46. The predicted molar refractivity (Wildman–Crippen MR) is 75.3 cm³/mol. The van der Waals surface area contributed by atoms with Crippen molar-refractivity contribution in [3.8, 4) is 5.75 Å². The van der Waals surface area contributed by atoms with Gasteiger partial charge in [-0.3, -0.25) is 4.79 Å². The largest absolute Gasteiger partial charge is 0.493 e. The van der Waals surface area contributed by atoms with E-state index in [1.165, 1.54) is 11.1 Å². The summed E-state index contributed by atoms with van der Waals surface area (Å²) in [5.74, 6) is 1.08. The summed E-state index contributed by atoms with van der Waals surface area (Å²) in [6.07, 6.45) is 2.59. The zero-order chi connectivity index (χ0) is 13.7. The highest BCUT2D eigenvalue weighted by Crippen LogP contribution is 2.33. The Labute approximate surface area is 114 Å². The molecular formula is C15H22N2O2. The minimum atomic E-state index is 0.0711. The fraction of sp³-hybridized carbons (Fsp3) is 0.533. The average Bonchev–Trinajstić information content (AvgIpc) is 2.62. The fourth-order valence-electron chi connectivity index (χ4n) is 2.46. The highest BCUT2D eigenvalue weighted by Gasteiger charge is 2.20. The van der Waals surface area contributed by atoms with Gasteiger partial charge in [0.1, 0.15) is 5.75 Å². The van der Waals surface area contributed by atoms with Crippen LogP contribution in [0.5, 0.6) is 5.75 Å². The molecule has 1 aromatic rings. The van der Waals surface area contributed by atoms with Crippen LogP contribution in [-0.2, 0) is 4.79 Å². The molecule has 104 valence electrons. The van der Waals surface area contributed by atoms with Crippen molar-refractivity contribution in [2.24, 2.45) is 0 Å². The van der Waals surface area contributed by atoms with Gasteiger partial charge < -0.3 is 15.4 Å². The van der Waals surface area contributed by atoms with Crippen LogP contribution < -0.4 is 15.4 Å². The SMILES string of the molecule is CNC(=O)CCNC1CCCOc2c(C)cccc21. The summed E-state index contributed by atoms with van der Waals surface area (Å²) < 4.78 is 5.84. The van der Waals surface area contributed by atoms with Gasteiger partial charge in [0.15, 0.2) is 0 Å². The van der Waals surface area contributed by atoms with E-state index in [0.29, 0.717) is 13.0 Å². The zero-order valence-electron chi connectivity index (χ0n) is 11.7. The van der Waals surface area contributed by atoms with E-state index >= 15 is 0 Å². The highest BCUT2D eigenvalue weighted by molar-refractivity contribution is 5.75. The molecule has 0 aliphatic carbocycles. The van der Waals surface area contributed by atoms with Crippen LogP contribution >= 0.6 is 0 Å². The molecule has 1 atom stereocenters. The second-order valence-electron chi connectivity index (χ2n) is 4.91. The van der Waals surface area contributed by atoms with E-state index in [1.807, 2.05) is 0 Å². The van der Waals surface area contributed by atoms with Crippen LogP contribution in [0.3, 0.4) is 0 Å². The van der Waals surface area contributed by atoms with Gasteiger partial charge in [0.05, 0.1) is 6.61 Å². The van der Waals surface area contributed by atoms with Crippen LogP contribution in [0.4, 0.5) is 0 Å². The molecule has 0 saturated carbocycles. The maximum absolute atomic E-state index is 11.2. The number of ether oxygens (including phenoxy) is 1. The lowest BCUT2D eigenvalue weighted by molar-refractivity contribution is -0.120. The van der Waals surface area contributed by atoms with Gasteiger partial charge in [-0.1, -0.05) is 18.2 Å². The lowest BCUT2D eigenvalue weighted by Crippen LogP contribution is -2.27. The minimum Gasteiger partial charge on any atom is -0.493 e. The molecule has 2 N–H and O–H groups in total. The number of carbonyl (C=O) groups is 1. The maximum atomic E-state index is 11.2. The summed E-state index contributed by atoms with van der Waals surface area (Å²) in [7, 11) is 1.67. The monoisotopic (exact) mass is 262 g/mol. The summed E-state index contributed by atoms with van der Waals surface area (Å²) in [4.78, 5) is 11.2. The Balaban J connectivity index is 2.05. The molecule has 1 amide bonds. The molecule has 19 heavy (non-hydrogen) atoms. The summed E-state index contributed by atoms with van der Waals surface area (Å²) >= 11 is 0. The van der Waals surface area contributed by atoms with E-state index < -0.39 is 0 Å². The van der Waals surface area contributed by atoms with Crippen molar-refractivity contribution in [1.82, 2.24) is 10.6 Å². The van der Waals surface area contributed by atoms with E-state index in [-0.39, 0.29) is 11.9 Å². The van der Waals surface area contributed by atoms with Gasteiger partial charge >= 0.3 is 0 Å². The van der Waals surface area contributed by atoms with E-state index in [2.05, 4.69) is 35.8 Å². The molecule has 1 aromatic carbocycles. The average molecular weight is 262 g/mol. The van der Waals surface area contributed by atoms with Gasteiger partial charge in [-0.2, -0.15) is 0 Å². The molecule has 1 unspecified atom stereocenters. The molecule has 0 fully saturated rings. The van der Waals surface area contributed by atoms with Crippen LogP contribution in [0, 0.1) is 6.92 Å². The molecule has 0 bridgehead atoms. The Kier molecular flexibility index (Phi) is 4.80. The molecule has 0 radical (unpaired) electrons. The minimum absolute atomic E-state index is 0.0711. The predicted octanol–water partition coefficient (Wildman–Crippen LogP) is 1.93. The van der Waals surface area contributed by atoms with Crippen molar-refractivity contribution in [2.45, 2.75) is 32.2 Å². The smallest absolute Gasteiger partial charge is 0.221 e. The van der Waals surface area contributed by atoms with Crippen molar-refractivity contribution in [2.75, 3.05) is 20.2 Å². The normalized spacial score (nSPS) is 18.1. The van der Waals surface area contributed by atoms with E-state index in [9.17, 15) is 4.79 Å². The van der Waals surface area contributed by atoms with Gasteiger partial charge in [0, 0.05) is 31.6 Å². The molecule has 1 heterocycles. The van der Waals surface area contributed by atoms with E-state index in [4.69, 9.17) is 4.74 Å². The first kappa shape index (κ1) is 13.9. The van der Waals surface area contributed by atoms with Gasteiger partial charge in [0.25, 0.3) is 0 Å². The number of fused-ring (bicyclic) bond motifs is 1. The first-order chi connectivity index (χ1) is 9.22. The molecule has 1 aliphatic rings. The first-order valence-corrected chi connectivity index (χ1v) is 6.88. The second kappa shape index (κ2) is 6.57. The third kappa shape index (κ3) is 3.47. The van der Waals surface area contributed by atoms with Crippen LogP contribution in [-0.4, -0.2) is 26.1 Å². The van der Waals surface area contributed by atoms with Crippen LogP contribution in [0.15, 0.2) is 18.2 Å². The number of rotatable bonds is 4. The number of nitrogens with one attached hydrogen (secondary N) is 2. The summed E-state index contributed by atoms with van der Waals surface area (Å²) in [5, 5.41) is 6.11. The number of hydrogen-bond acceptors (Lipinski definition) is 3. The van der Waals surface area contributed by atoms with Crippen molar-refractivity contribution >= 4 is 5.91 Å².